The van der Waals surface area contributed by atoms with E-state index in [1.807, 2.05) is 30.3 Å². The van der Waals surface area contributed by atoms with Crippen LogP contribution in [0.2, 0.25) is 0 Å². The summed E-state index contributed by atoms with van der Waals surface area (Å²) in [5.74, 6) is 0.704. The minimum Gasteiger partial charge on any atom is -0.343 e. The number of amides is 2. The van der Waals surface area contributed by atoms with E-state index < -0.39 is 10.0 Å². The molecule has 0 unspecified atom stereocenters. The van der Waals surface area contributed by atoms with Gasteiger partial charge in [0.05, 0.1) is 11.4 Å². The molecule has 1 heterocycles. The average Bonchev–Trinajstić information content (AvgIpc) is 3.08. The second kappa shape index (κ2) is 13.8. The third kappa shape index (κ3) is 9.03. The van der Waals surface area contributed by atoms with Crippen molar-refractivity contribution in [2.75, 3.05) is 39.0 Å². The third-order valence-electron chi connectivity index (χ3n) is 4.97. The van der Waals surface area contributed by atoms with Crippen molar-refractivity contribution in [3.05, 3.63) is 64.6 Å². The molecule has 1 aromatic rings. The molecular formula is C23H32ClN5O3S. The monoisotopic (exact) mass is 493 g/mol. The van der Waals surface area contributed by atoms with Crippen molar-refractivity contribution in [2.24, 2.45) is 4.99 Å². The maximum atomic E-state index is 12.3. The van der Waals surface area contributed by atoms with Crippen molar-refractivity contribution < 1.29 is 13.2 Å². The van der Waals surface area contributed by atoms with Crippen LogP contribution in [0.15, 0.2) is 69.6 Å². The highest BCUT2D eigenvalue weighted by Crippen LogP contribution is 2.23. The lowest BCUT2D eigenvalue weighted by molar-refractivity contribution is 0.244. The van der Waals surface area contributed by atoms with Crippen LogP contribution < -0.4 is 16.0 Å². The van der Waals surface area contributed by atoms with Crippen LogP contribution in [0.4, 0.5) is 10.5 Å². The van der Waals surface area contributed by atoms with Crippen molar-refractivity contribution in [3.8, 4) is 0 Å². The maximum Gasteiger partial charge on any atom is 0.314 e. The van der Waals surface area contributed by atoms with E-state index in [1.54, 1.807) is 42.7 Å². The number of carbonyl (C=O) groups excluding carboxylic acids is 1. The summed E-state index contributed by atoms with van der Waals surface area (Å²) in [6, 6.07) is 9.45. The first kappa shape index (κ1) is 26.6. The number of hydrogen-bond acceptors (Lipinski definition) is 4. The van der Waals surface area contributed by atoms with Crippen molar-refractivity contribution in [1.82, 2.24) is 14.9 Å². The number of piperidine rings is 1. The van der Waals surface area contributed by atoms with E-state index in [-0.39, 0.29) is 6.03 Å². The number of aliphatic imine (C=N–C) groups is 1. The molecule has 1 saturated heterocycles. The van der Waals surface area contributed by atoms with Crippen molar-refractivity contribution in [2.45, 2.75) is 25.7 Å². The number of carbonyl (C=O) groups is 1. The highest BCUT2D eigenvalue weighted by molar-refractivity contribution is 7.93. The third-order valence-corrected chi connectivity index (χ3v) is 7.19. The quantitative estimate of drug-likeness (QED) is 0.428. The molecule has 180 valence electrons. The fourth-order valence-electron chi connectivity index (χ4n) is 3.15. The first-order chi connectivity index (χ1) is 15.9. The normalized spacial score (nSPS) is 17.0. The summed E-state index contributed by atoms with van der Waals surface area (Å²) in [6.45, 7) is 1.63. The standard InChI is InChI=1S/C12H16ClNO2S.C11H16N4O/c13-11-5-4-6-12(8-7-11)17(15,16)14-9-2-1-3-10-14;1-12-10(8-14-11(16)13-2)15-9-6-4-3-5-7-9/h5-8H,1-4,9-10H2;3-7H,8H2,1-2H3,(H,12,15)(H2,13,14,16). The van der Waals surface area contributed by atoms with E-state index in [4.69, 9.17) is 11.6 Å². The number of benzene rings is 1. The summed E-state index contributed by atoms with van der Waals surface area (Å²) in [6.07, 6.45) is 10.3. The van der Waals surface area contributed by atoms with E-state index in [2.05, 4.69) is 20.9 Å². The van der Waals surface area contributed by atoms with Gasteiger partial charge in [-0.3, -0.25) is 4.99 Å². The van der Waals surface area contributed by atoms with Crippen LogP contribution in [-0.4, -0.2) is 58.3 Å². The molecule has 1 aliphatic heterocycles. The molecule has 3 N–H and O–H groups in total. The maximum absolute atomic E-state index is 12.3. The van der Waals surface area contributed by atoms with Gasteiger partial charge in [0.25, 0.3) is 0 Å². The Kier molecular flexibility index (Phi) is 11.2. The Labute approximate surface area is 201 Å². The number of amidine groups is 1. The van der Waals surface area contributed by atoms with Crippen molar-refractivity contribution >= 4 is 39.2 Å². The van der Waals surface area contributed by atoms with E-state index in [1.165, 1.54) is 0 Å². The van der Waals surface area contributed by atoms with Gasteiger partial charge in [-0.15, -0.1) is 0 Å². The molecule has 1 fully saturated rings. The van der Waals surface area contributed by atoms with Crippen LogP contribution in [0.25, 0.3) is 0 Å². The number of nitrogens with zero attached hydrogens (tertiary/aromatic N) is 2. The molecule has 8 nitrogen and oxygen atoms in total. The molecule has 3 rings (SSSR count). The highest BCUT2D eigenvalue weighted by Gasteiger charge is 2.26. The van der Waals surface area contributed by atoms with Crippen LogP contribution in [-0.2, 0) is 10.0 Å². The molecule has 0 saturated carbocycles. The number of urea groups is 1. The lowest BCUT2D eigenvalue weighted by atomic mass is 10.2. The Morgan fingerprint density at radius 1 is 1.09 bits per heavy atom. The molecule has 33 heavy (non-hydrogen) atoms. The zero-order chi connectivity index (χ0) is 24.1. The molecule has 0 spiro atoms. The number of hydrogen-bond donors (Lipinski definition) is 3. The van der Waals surface area contributed by atoms with Gasteiger partial charge in [-0.1, -0.05) is 48.4 Å². The molecule has 0 aromatic heterocycles. The molecule has 2 aliphatic rings. The number of para-hydroxylation sites is 1. The summed E-state index contributed by atoms with van der Waals surface area (Å²) in [7, 11) is -0.0667. The molecule has 1 aliphatic carbocycles. The molecule has 0 radical (unpaired) electrons. The van der Waals surface area contributed by atoms with Crippen LogP contribution in [0.3, 0.4) is 0 Å². The average molecular weight is 494 g/mol. The Morgan fingerprint density at radius 3 is 2.42 bits per heavy atom. The lowest BCUT2D eigenvalue weighted by Crippen LogP contribution is -2.38. The predicted molar refractivity (Wildman–Crippen MR) is 136 cm³/mol. The van der Waals surface area contributed by atoms with Crippen LogP contribution in [0.5, 0.6) is 0 Å². The first-order valence-electron chi connectivity index (χ1n) is 10.8. The molecule has 1 aromatic carbocycles. The second-order valence-corrected chi connectivity index (χ2v) is 9.70. The fraction of sp³-hybridized carbons (Fsp3) is 0.391. The minimum absolute atomic E-state index is 0.226. The largest absolute Gasteiger partial charge is 0.343 e. The molecule has 2 amide bonds. The van der Waals surface area contributed by atoms with Gasteiger partial charge in [0.1, 0.15) is 5.84 Å². The van der Waals surface area contributed by atoms with Gasteiger partial charge in [0.15, 0.2) is 0 Å². The minimum atomic E-state index is -3.32. The van der Waals surface area contributed by atoms with Gasteiger partial charge in [0, 0.05) is 37.9 Å². The SMILES string of the molecule is CN=C(CNC(=O)NC)Nc1ccccc1.O=S(=O)(C1=CCC=C(Cl)C=C1)N1CCCCC1. The second-order valence-electron chi connectivity index (χ2n) is 7.32. The number of sulfonamides is 1. The van der Waals surface area contributed by atoms with Crippen molar-refractivity contribution in [1.29, 1.82) is 0 Å². The summed E-state index contributed by atoms with van der Waals surface area (Å²) in [5, 5.41) is 8.84. The van der Waals surface area contributed by atoms with E-state index in [9.17, 15) is 13.2 Å². The van der Waals surface area contributed by atoms with Crippen molar-refractivity contribution in [3.63, 3.8) is 0 Å². The van der Waals surface area contributed by atoms with Gasteiger partial charge in [-0.25, -0.2) is 13.2 Å². The number of allylic oxidation sites excluding steroid dienone is 5. The number of nitrogens with one attached hydrogen (secondary N) is 3. The summed E-state index contributed by atoms with van der Waals surface area (Å²) >= 11 is 5.85. The van der Waals surface area contributed by atoms with E-state index >= 15 is 0 Å². The van der Waals surface area contributed by atoms with E-state index in [0.29, 0.717) is 41.8 Å². The van der Waals surface area contributed by atoms with Gasteiger partial charge >= 0.3 is 6.03 Å². The number of anilines is 1. The number of rotatable bonds is 5. The topological polar surface area (TPSA) is 103 Å². The van der Waals surface area contributed by atoms with Gasteiger partial charge < -0.3 is 16.0 Å². The first-order valence-corrected chi connectivity index (χ1v) is 12.7. The predicted octanol–water partition coefficient (Wildman–Crippen LogP) is 3.82. The Morgan fingerprint density at radius 2 is 1.79 bits per heavy atom. The summed E-state index contributed by atoms with van der Waals surface area (Å²) in [4.78, 5) is 15.4. The molecule has 0 bridgehead atoms. The van der Waals surface area contributed by atoms with Gasteiger partial charge in [-0.2, -0.15) is 4.31 Å². The van der Waals surface area contributed by atoms with Crippen LogP contribution in [0.1, 0.15) is 25.7 Å². The van der Waals surface area contributed by atoms with Crippen LogP contribution >= 0.6 is 11.6 Å². The fourth-order valence-corrected chi connectivity index (χ4v) is 4.89. The summed E-state index contributed by atoms with van der Waals surface area (Å²) in [5.41, 5.74) is 0.946. The summed E-state index contributed by atoms with van der Waals surface area (Å²) < 4.78 is 26.3. The van der Waals surface area contributed by atoms with E-state index in [0.717, 1.165) is 24.9 Å². The smallest absolute Gasteiger partial charge is 0.314 e. The number of halogens is 1. The van der Waals surface area contributed by atoms with Gasteiger partial charge in [-0.05, 0) is 43.5 Å². The zero-order valence-electron chi connectivity index (χ0n) is 19.1. The molecule has 10 heteroatoms. The Hall–Kier alpha value is -2.62. The van der Waals surface area contributed by atoms with Gasteiger partial charge in [0.2, 0.25) is 10.0 Å². The zero-order valence-corrected chi connectivity index (χ0v) is 20.6. The molecule has 0 atom stereocenters. The Bertz CT molecular complexity index is 998. The highest BCUT2D eigenvalue weighted by atomic mass is 35.5. The molecular weight excluding hydrogens is 462 g/mol. The Balaban J connectivity index is 0.000000234. The lowest BCUT2D eigenvalue weighted by Gasteiger charge is -2.26. The van der Waals surface area contributed by atoms with Crippen LogP contribution in [0, 0.1) is 0 Å².